The maximum absolute atomic E-state index is 11.5. The molecule has 0 fully saturated rings. The lowest BCUT2D eigenvalue weighted by Crippen LogP contribution is -2.39. The first-order valence-corrected chi connectivity index (χ1v) is 5.53. The molecular formula is C12H16N2O3. The fourth-order valence-corrected chi connectivity index (χ4v) is 1.61. The van der Waals surface area contributed by atoms with Gasteiger partial charge in [0, 0.05) is 0 Å². The number of rotatable bonds is 3. The van der Waals surface area contributed by atoms with E-state index in [1.165, 1.54) is 0 Å². The van der Waals surface area contributed by atoms with E-state index in [9.17, 15) is 4.79 Å². The zero-order chi connectivity index (χ0) is 12.4. The molecule has 0 aromatic heterocycles. The molecule has 3 N–H and O–H groups in total. The summed E-state index contributed by atoms with van der Waals surface area (Å²) in [7, 11) is 0. The molecule has 0 bridgehead atoms. The predicted molar refractivity (Wildman–Crippen MR) is 62.8 cm³/mol. The van der Waals surface area contributed by atoms with Crippen LogP contribution in [0.4, 0.5) is 0 Å². The van der Waals surface area contributed by atoms with Crippen LogP contribution in [0.15, 0.2) is 18.2 Å². The van der Waals surface area contributed by atoms with Crippen LogP contribution in [-0.2, 0) is 4.79 Å². The minimum Gasteiger partial charge on any atom is -0.454 e. The van der Waals surface area contributed by atoms with E-state index in [4.69, 9.17) is 15.2 Å². The van der Waals surface area contributed by atoms with Crippen molar-refractivity contribution >= 4 is 5.91 Å². The molecule has 5 heteroatoms. The Kier molecular flexibility index (Phi) is 3.19. The van der Waals surface area contributed by atoms with Crippen molar-refractivity contribution in [1.29, 1.82) is 0 Å². The van der Waals surface area contributed by atoms with E-state index < -0.39 is 6.04 Å². The third kappa shape index (κ3) is 2.50. The molecule has 0 saturated carbocycles. The van der Waals surface area contributed by atoms with Crippen molar-refractivity contribution in [2.75, 3.05) is 6.79 Å². The summed E-state index contributed by atoms with van der Waals surface area (Å²) in [6, 6.07) is 5.00. The summed E-state index contributed by atoms with van der Waals surface area (Å²) in [5.74, 6) is 1.28. The summed E-state index contributed by atoms with van der Waals surface area (Å²) in [6.07, 6.45) is 0. The molecule has 0 radical (unpaired) electrons. The largest absolute Gasteiger partial charge is 0.454 e. The zero-order valence-electron chi connectivity index (χ0n) is 9.90. The Hall–Kier alpha value is -1.75. The molecule has 1 amide bonds. The van der Waals surface area contributed by atoms with Crippen molar-refractivity contribution < 1.29 is 14.3 Å². The Morgan fingerprint density at radius 3 is 2.76 bits per heavy atom. The summed E-state index contributed by atoms with van der Waals surface area (Å²) < 4.78 is 10.5. The Bertz CT molecular complexity index is 432. The van der Waals surface area contributed by atoms with Crippen LogP contribution in [0.3, 0.4) is 0 Å². The Labute approximate surface area is 99.9 Å². The molecule has 1 aliphatic heterocycles. The monoisotopic (exact) mass is 236 g/mol. The Balaban J connectivity index is 2.09. The summed E-state index contributed by atoms with van der Waals surface area (Å²) in [6.45, 7) is 3.80. The van der Waals surface area contributed by atoms with E-state index >= 15 is 0 Å². The van der Waals surface area contributed by atoms with Crippen LogP contribution >= 0.6 is 0 Å². The maximum atomic E-state index is 11.5. The number of fused-ring (bicyclic) bond motifs is 1. The molecule has 92 valence electrons. The quantitative estimate of drug-likeness (QED) is 0.819. The van der Waals surface area contributed by atoms with Crippen LogP contribution < -0.4 is 20.5 Å². The third-order valence-electron chi connectivity index (χ3n) is 2.67. The van der Waals surface area contributed by atoms with Crippen LogP contribution in [-0.4, -0.2) is 18.7 Å². The highest BCUT2D eigenvalue weighted by Crippen LogP contribution is 2.34. The molecule has 5 nitrogen and oxygen atoms in total. The van der Waals surface area contributed by atoms with E-state index in [0.29, 0.717) is 5.75 Å². The van der Waals surface area contributed by atoms with Gasteiger partial charge in [0.15, 0.2) is 11.5 Å². The van der Waals surface area contributed by atoms with Crippen LogP contribution in [0.5, 0.6) is 11.5 Å². The molecule has 1 heterocycles. The fraction of sp³-hybridized carbons (Fsp3) is 0.417. The molecule has 17 heavy (non-hydrogen) atoms. The SMILES string of the molecule is CC(NC(=O)[C@H](C)N)c1ccc2c(c1)OCO2. The first kappa shape index (κ1) is 11.7. The first-order valence-electron chi connectivity index (χ1n) is 5.53. The van der Waals surface area contributed by atoms with Crippen molar-refractivity contribution in [3.63, 3.8) is 0 Å². The predicted octanol–water partition coefficient (Wildman–Crippen LogP) is 0.940. The lowest BCUT2D eigenvalue weighted by atomic mass is 10.1. The minimum absolute atomic E-state index is 0.108. The zero-order valence-corrected chi connectivity index (χ0v) is 9.90. The van der Waals surface area contributed by atoms with E-state index in [1.807, 2.05) is 25.1 Å². The lowest BCUT2D eigenvalue weighted by molar-refractivity contribution is -0.122. The highest BCUT2D eigenvalue weighted by molar-refractivity contribution is 5.81. The number of hydrogen-bond donors (Lipinski definition) is 2. The highest BCUT2D eigenvalue weighted by Gasteiger charge is 2.17. The van der Waals surface area contributed by atoms with Crippen LogP contribution in [0.2, 0.25) is 0 Å². The molecule has 2 rings (SSSR count). The molecule has 0 spiro atoms. The molecule has 0 saturated heterocycles. The number of carbonyl (C=O) groups is 1. The van der Waals surface area contributed by atoms with Gasteiger partial charge in [-0.15, -0.1) is 0 Å². The van der Waals surface area contributed by atoms with Gasteiger partial charge in [-0.1, -0.05) is 6.07 Å². The van der Waals surface area contributed by atoms with Gasteiger partial charge in [-0.3, -0.25) is 4.79 Å². The molecular weight excluding hydrogens is 220 g/mol. The number of carbonyl (C=O) groups excluding carboxylic acids is 1. The molecule has 1 unspecified atom stereocenters. The van der Waals surface area contributed by atoms with Crippen LogP contribution in [0.25, 0.3) is 0 Å². The van der Waals surface area contributed by atoms with Crippen molar-refractivity contribution in [3.05, 3.63) is 23.8 Å². The standard InChI is InChI=1S/C12H16N2O3/c1-7(13)12(15)14-8(2)9-3-4-10-11(5-9)17-6-16-10/h3-5,7-8H,6,13H2,1-2H3,(H,14,15)/t7-,8?/m0/s1. The van der Waals surface area contributed by atoms with E-state index in [-0.39, 0.29) is 18.7 Å². The van der Waals surface area contributed by atoms with Crippen molar-refractivity contribution in [1.82, 2.24) is 5.32 Å². The highest BCUT2D eigenvalue weighted by atomic mass is 16.7. The summed E-state index contributed by atoms with van der Waals surface area (Å²) in [5.41, 5.74) is 6.46. The Morgan fingerprint density at radius 1 is 1.35 bits per heavy atom. The first-order chi connectivity index (χ1) is 8.08. The lowest BCUT2D eigenvalue weighted by Gasteiger charge is -2.16. The van der Waals surface area contributed by atoms with Gasteiger partial charge in [0.2, 0.25) is 12.7 Å². The second-order valence-corrected chi connectivity index (χ2v) is 4.13. The van der Waals surface area contributed by atoms with Crippen LogP contribution in [0, 0.1) is 0 Å². The van der Waals surface area contributed by atoms with Gasteiger partial charge in [-0.05, 0) is 31.5 Å². The summed E-state index contributed by atoms with van der Waals surface area (Å²) >= 11 is 0. The maximum Gasteiger partial charge on any atom is 0.237 e. The molecule has 1 aliphatic rings. The second kappa shape index (κ2) is 4.63. The summed E-state index contributed by atoms with van der Waals surface area (Å²) in [5, 5.41) is 2.83. The number of ether oxygens (including phenoxy) is 2. The normalized spacial score (nSPS) is 16.4. The number of nitrogens with two attached hydrogens (primary N) is 1. The van der Waals surface area contributed by atoms with Gasteiger partial charge in [0.05, 0.1) is 12.1 Å². The molecule has 1 aromatic rings. The number of nitrogens with one attached hydrogen (secondary N) is 1. The van der Waals surface area contributed by atoms with Crippen molar-refractivity contribution in [3.8, 4) is 11.5 Å². The van der Waals surface area contributed by atoms with Gasteiger partial charge < -0.3 is 20.5 Å². The number of benzene rings is 1. The average Bonchev–Trinajstić information content (AvgIpc) is 2.75. The van der Waals surface area contributed by atoms with Crippen molar-refractivity contribution in [2.24, 2.45) is 5.73 Å². The Morgan fingerprint density at radius 2 is 2.06 bits per heavy atom. The van der Waals surface area contributed by atoms with Crippen molar-refractivity contribution in [2.45, 2.75) is 25.9 Å². The number of amides is 1. The summed E-state index contributed by atoms with van der Waals surface area (Å²) in [4.78, 5) is 11.5. The van der Waals surface area contributed by atoms with Gasteiger partial charge in [-0.2, -0.15) is 0 Å². The second-order valence-electron chi connectivity index (χ2n) is 4.13. The molecule has 1 aromatic carbocycles. The van der Waals surface area contributed by atoms with Gasteiger partial charge in [0.1, 0.15) is 0 Å². The van der Waals surface area contributed by atoms with Gasteiger partial charge in [0.25, 0.3) is 0 Å². The van der Waals surface area contributed by atoms with E-state index in [1.54, 1.807) is 6.92 Å². The van der Waals surface area contributed by atoms with Gasteiger partial charge >= 0.3 is 0 Å². The van der Waals surface area contributed by atoms with Gasteiger partial charge in [-0.25, -0.2) is 0 Å². The van der Waals surface area contributed by atoms with E-state index in [0.717, 1.165) is 11.3 Å². The third-order valence-corrected chi connectivity index (χ3v) is 2.67. The topological polar surface area (TPSA) is 73.6 Å². The molecule has 2 atom stereocenters. The number of hydrogen-bond acceptors (Lipinski definition) is 4. The molecule has 0 aliphatic carbocycles. The fourth-order valence-electron chi connectivity index (χ4n) is 1.61. The average molecular weight is 236 g/mol. The minimum atomic E-state index is -0.508. The van der Waals surface area contributed by atoms with Crippen LogP contribution in [0.1, 0.15) is 25.5 Å². The smallest absolute Gasteiger partial charge is 0.237 e. The van der Waals surface area contributed by atoms with E-state index in [2.05, 4.69) is 5.32 Å².